The third kappa shape index (κ3) is 6.21. The van der Waals surface area contributed by atoms with Crippen molar-refractivity contribution in [2.24, 2.45) is 0 Å². The molecule has 0 saturated carbocycles. The van der Waals surface area contributed by atoms with Crippen LogP contribution >= 0.6 is 0 Å². The molecule has 0 aromatic rings. The van der Waals surface area contributed by atoms with Crippen molar-refractivity contribution in [2.45, 2.75) is 53.4 Å². The third-order valence-corrected chi connectivity index (χ3v) is 3.92. The lowest BCUT2D eigenvalue weighted by Gasteiger charge is -2.29. The molecular weight excluding hydrogens is 184 g/mol. The first kappa shape index (κ1) is 13.1. The minimum atomic E-state index is -2.38. The lowest BCUT2D eigenvalue weighted by molar-refractivity contribution is 0.0281. The van der Waals surface area contributed by atoms with Gasteiger partial charge in [-0.1, -0.05) is 0 Å². The van der Waals surface area contributed by atoms with Crippen molar-refractivity contribution in [2.75, 3.05) is 6.61 Å². The fourth-order valence-electron chi connectivity index (χ4n) is 1.21. The van der Waals surface area contributed by atoms with E-state index in [2.05, 4.69) is 0 Å². The highest BCUT2D eigenvalue weighted by atomic mass is 28.4. The van der Waals surface area contributed by atoms with Crippen LogP contribution in [0.15, 0.2) is 0 Å². The fraction of sp³-hybridized carbons (Fsp3) is 1.00. The van der Waals surface area contributed by atoms with E-state index in [-0.39, 0.29) is 12.2 Å². The molecule has 0 atom stereocenters. The second-order valence-corrected chi connectivity index (χ2v) is 6.11. The molecule has 4 heteroatoms. The molecule has 0 aliphatic heterocycles. The van der Waals surface area contributed by atoms with E-state index < -0.39 is 8.80 Å². The molecule has 0 fully saturated rings. The molecule has 80 valence electrons. The third-order valence-electron chi connectivity index (χ3n) is 1.31. The normalized spacial score (nSPS) is 12.9. The molecule has 0 N–H and O–H groups in total. The van der Waals surface area contributed by atoms with Gasteiger partial charge in [0.15, 0.2) is 0 Å². The first-order valence-electron chi connectivity index (χ1n) is 4.89. The van der Waals surface area contributed by atoms with Crippen LogP contribution in [0, 0.1) is 0 Å². The minimum Gasteiger partial charge on any atom is -0.374 e. The van der Waals surface area contributed by atoms with E-state index in [9.17, 15) is 0 Å². The van der Waals surface area contributed by atoms with Crippen molar-refractivity contribution >= 4 is 8.80 Å². The summed E-state index contributed by atoms with van der Waals surface area (Å²) in [5, 5.41) is 0. The zero-order valence-corrected chi connectivity index (χ0v) is 10.6. The van der Waals surface area contributed by atoms with Crippen molar-refractivity contribution in [3.8, 4) is 0 Å². The Morgan fingerprint density at radius 3 is 1.62 bits per heavy atom. The van der Waals surface area contributed by atoms with Crippen LogP contribution in [0.5, 0.6) is 0 Å². The van der Waals surface area contributed by atoms with Gasteiger partial charge in [0.25, 0.3) is 0 Å². The smallest absolute Gasteiger partial charge is 0.374 e. The molecule has 13 heavy (non-hydrogen) atoms. The highest BCUT2D eigenvalue weighted by Crippen LogP contribution is 2.14. The molecule has 0 saturated heterocycles. The van der Waals surface area contributed by atoms with Gasteiger partial charge in [-0.3, -0.25) is 0 Å². The van der Waals surface area contributed by atoms with E-state index >= 15 is 0 Å². The highest BCUT2D eigenvalue weighted by molar-refractivity contribution is 6.59. The Bertz CT molecular complexity index is 127. The Balaban J connectivity index is 4.15. The summed E-state index contributed by atoms with van der Waals surface area (Å²) in [6.45, 7) is 12.5. The van der Waals surface area contributed by atoms with Crippen molar-refractivity contribution in [3.05, 3.63) is 0 Å². The quantitative estimate of drug-likeness (QED) is 0.625. The lowest BCUT2D eigenvalue weighted by atomic mass is 10.5. The van der Waals surface area contributed by atoms with Gasteiger partial charge >= 0.3 is 8.80 Å². The van der Waals surface area contributed by atoms with Gasteiger partial charge in [-0.05, 0) is 34.6 Å². The van der Waals surface area contributed by atoms with E-state index in [1.165, 1.54) is 0 Å². The summed E-state index contributed by atoms with van der Waals surface area (Å²) in [5.74, 6) is 0. The van der Waals surface area contributed by atoms with Crippen LogP contribution in [0.2, 0.25) is 6.55 Å². The Hall–Kier alpha value is 0.0969. The fourth-order valence-corrected chi connectivity index (χ4v) is 3.64. The Kier molecular flexibility index (Phi) is 5.79. The van der Waals surface area contributed by atoms with E-state index in [1.54, 1.807) is 0 Å². The topological polar surface area (TPSA) is 27.7 Å². The van der Waals surface area contributed by atoms with Gasteiger partial charge in [-0.2, -0.15) is 0 Å². The maximum atomic E-state index is 5.68. The van der Waals surface area contributed by atoms with E-state index in [0.29, 0.717) is 6.61 Å². The molecule has 3 nitrogen and oxygen atoms in total. The van der Waals surface area contributed by atoms with Crippen LogP contribution in [0.1, 0.15) is 34.6 Å². The van der Waals surface area contributed by atoms with Gasteiger partial charge in [0.2, 0.25) is 0 Å². The average molecular weight is 206 g/mol. The van der Waals surface area contributed by atoms with E-state index in [1.807, 2.05) is 41.2 Å². The predicted octanol–water partition coefficient (Wildman–Crippen LogP) is 2.44. The molecule has 0 unspecified atom stereocenters. The molecule has 0 aromatic heterocycles. The largest absolute Gasteiger partial charge is 0.498 e. The van der Waals surface area contributed by atoms with Crippen molar-refractivity contribution in [1.82, 2.24) is 0 Å². The second-order valence-electron chi connectivity index (χ2n) is 3.63. The second kappa shape index (κ2) is 5.75. The Morgan fingerprint density at radius 2 is 1.38 bits per heavy atom. The predicted molar refractivity (Wildman–Crippen MR) is 55.7 cm³/mol. The van der Waals surface area contributed by atoms with Gasteiger partial charge in [0.05, 0.1) is 0 Å². The van der Waals surface area contributed by atoms with Crippen LogP contribution in [0.4, 0.5) is 0 Å². The van der Waals surface area contributed by atoms with Gasteiger partial charge < -0.3 is 13.3 Å². The lowest BCUT2D eigenvalue weighted by Crippen LogP contribution is -2.46. The summed E-state index contributed by atoms with van der Waals surface area (Å²) in [4.78, 5) is 0. The van der Waals surface area contributed by atoms with Gasteiger partial charge in [-0.15, -0.1) is 0 Å². The number of hydrogen-bond acceptors (Lipinski definition) is 3. The molecule has 0 bridgehead atoms. The highest BCUT2D eigenvalue weighted by Gasteiger charge is 2.36. The molecular formula is C9H22O3Si. The number of rotatable bonds is 6. The molecule has 0 aromatic carbocycles. The first-order valence-corrected chi connectivity index (χ1v) is 7.11. The zero-order chi connectivity index (χ0) is 10.5. The van der Waals surface area contributed by atoms with Crippen molar-refractivity contribution in [3.63, 3.8) is 0 Å². The van der Waals surface area contributed by atoms with Gasteiger partial charge in [0, 0.05) is 25.4 Å². The van der Waals surface area contributed by atoms with Crippen LogP contribution in [-0.4, -0.2) is 27.6 Å². The molecule has 0 aliphatic rings. The Morgan fingerprint density at radius 1 is 1.00 bits per heavy atom. The molecule has 0 rings (SSSR count). The van der Waals surface area contributed by atoms with Crippen LogP contribution < -0.4 is 0 Å². The van der Waals surface area contributed by atoms with Crippen LogP contribution in [0.3, 0.4) is 0 Å². The molecule has 0 radical (unpaired) electrons. The summed E-state index contributed by atoms with van der Waals surface area (Å²) in [6.07, 6.45) is 0.309. The van der Waals surface area contributed by atoms with Crippen molar-refractivity contribution < 1.29 is 13.3 Å². The minimum absolute atomic E-state index is 0.155. The summed E-state index contributed by atoms with van der Waals surface area (Å²) in [5.41, 5.74) is 0. The number of hydrogen-bond donors (Lipinski definition) is 0. The van der Waals surface area contributed by atoms with E-state index in [0.717, 1.165) is 0 Å². The summed E-state index contributed by atoms with van der Waals surface area (Å²) >= 11 is 0. The SMILES string of the molecule is CCO[Si](C)(OC(C)C)OC(C)C. The van der Waals surface area contributed by atoms with Crippen LogP contribution in [-0.2, 0) is 13.3 Å². The monoisotopic (exact) mass is 206 g/mol. The van der Waals surface area contributed by atoms with Crippen LogP contribution in [0.25, 0.3) is 0 Å². The average Bonchev–Trinajstić information content (AvgIpc) is 1.81. The Labute approximate surface area is 82.8 Å². The molecule has 0 heterocycles. The standard InChI is InChI=1S/C9H22O3Si/c1-7-10-13(6,11-8(2)3)12-9(4)5/h8-9H,7H2,1-6H3. The van der Waals surface area contributed by atoms with Crippen molar-refractivity contribution in [1.29, 1.82) is 0 Å². The summed E-state index contributed by atoms with van der Waals surface area (Å²) < 4.78 is 16.9. The molecule has 0 aliphatic carbocycles. The summed E-state index contributed by atoms with van der Waals surface area (Å²) in [6, 6.07) is 0. The maximum Gasteiger partial charge on any atom is 0.498 e. The molecule has 0 amide bonds. The zero-order valence-electron chi connectivity index (χ0n) is 9.59. The maximum absolute atomic E-state index is 5.68. The summed E-state index contributed by atoms with van der Waals surface area (Å²) in [7, 11) is -2.38. The first-order chi connectivity index (χ1) is 5.89. The van der Waals surface area contributed by atoms with Gasteiger partial charge in [0.1, 0.15) is 0 Å². The molecule has 0 spiro atoms. The van der Waals surface area contributed by atoms with Gasteiger partial charge in [-0.25, -0.2) is 0 Å². The van der Waals surface area contributed by atoms with E-state index in [4.69, 9.17) is 13.3 Å².